The molecule has 18 heavy (non-hydrogen) atoms. The molecule has 1 rings (SSSR count). The van der Waals surface area contributed by atoms with Gasteiger partial charge in [0.05, 0.1) is 9.75 Å². The summed E-state index contributed by atoms with van der Waals surface area (Å²) in [7, 11) is 0. The Balaban J connectivity index is 2.64. The zero-order chi connectivity index (χ0) is 13.5. The average Bonchev–Trinajstić information content (AvgIpc) is 2.83. The van der Waals surface area contributed by atoms with Crippen LogP contribution in [0.15, 0.2) is 12.1 Å². The van der Waals surface area contributed by atoms with Crippen molar-refractivity contribution in [3.8, 4) is 11.8 Å². The van der Waals surface area contributed by atoms with Crippen LogP contribution in [0.3, 0.4) is 0 Å². The Labute approximate surface area is 112 Å². The van der Waals surface area contributed by atoms with Crippen LogP contribution in [-0.4, -0.2) is 23.7 Å². The summed E-state index contributed by atoms with van der Waals surface area (Å²) in [5, 5.41) is 11.6. The van der Waals surface area contributed by atoms with Crippen molar-refractivity contribution in [2.24, 2.45) is 5.92 Å². The smallest absolute Gasteiger partial charge is 0.261 e. The van der Waals surface area contributed by atoms with Crippen LogP contribution in [0.25, 0.3) is 0 Å². The van der Waals surface area contributed by atoms with Crippen molar-refractivity contribution < 1.29 is 9.90 Å². The van der Waals surface area contributed by atoms with Crippen molar-refractivity contribution in [3.63, 3.8) is 0 Å². The second-order valence-electron chi connectivity index (χ2n) is 4.27. The summed E-state index contributed by atoms with van der Waals surface area (Å²) in [5.74, 6) is 5.77. The highest BCUT2D eigenvalue weighted by molar-refractivity contribution is 7.14. The third-order valence-corrected chi connectivity index (χ3v) is 3.98. The first kappa shape index (κ1) is 14.7. The number of nitrogens with one attached hydrogen (secondary N) is 1. The van der Waals surface area contributed by atoms with Crippen molar-refractivity contribution in [2.75, 3.05) is 6.61 Å². The Hall–Kier alpha value is -1.31. The lowest BCUT2D eigenvalue weighted by Gasteiger charge is -2.19. The molecule has 0 aliphatic rings. The standard InChI is InChI=1S/C14H19NO2S/c1-4-10(2)11(3)15-14(17)13-8-7-12(18-13)6-5-9-16/h7-8,10-11,16H,4,9H2,1-3H3,(H,15,17). The van der Waals surface area contributed by atoms with Crippen molar-refractivity contribution in [1.29, 1.82) is 0 Å². The minimum Gasteiger partial charge on any atom is -0.384 e. The summed E-state index contributed by atoms with van der Waals surface area (Å²) in [6.07, 6.45) is 1.04. The fourth-order valence-corrected chi connectivity index (χ4v) is 2.21. The van der Waals surface area contributed by atoms with Gasteiger partial charge in [-0.1, -0.05) is 32.1 Å². The van der Waals surface area contributed by atoms with Crippen LogP contribution in [0.5, 0.6) is 0 Å². The number of carbonyl (C=O) groups is 1. The topological polar surface area (TPSA) is 49.3 Å². The van der Waals surface area contributed by atoms with Crippen LogP contribution in [0.1, 0.15) is 41.7 Å². The Morgan fingerprint density at radius 3 is 2.83 bits per heavy atom. The predicted octanol–water partition coefficient (Wildman–Crippen LogP) is 2.26. The van der Waals surface area contributed by atoms with E-state index in [-0.39, 0.29) is 18.6 Å². The van der Waals surface area contributed by atoms with Crippen LogP contribution in [0, 0.1) is 17.8 Å². The minimum absolute atomic E-state index is 0.0511. The van der Waals surface area contributed by atoms with Crippen LogP contribution in [0.2, 0.25) is 0 Å². The van der Waals surface area contributed by atoms with Crippen molar-refractivity contribution in [2.45, 2.75) is 33.2 Å². The van der Waals surface area contributed by atoms with E-state index in [9.17, 15) is 4.79 Å². The molecule has 1 aromatic rings. The first-order valence-corrected chi connectivity index (χ1v) is 6.90. The number of aliphatic hydroxyl groups is 1. The maximum Gasteiger partial charge on any atom is 0.261 e. The number of carbonyl (C=O) groups excluding carboxylic acids is 1. The van der Waals surface area contributed by atoms with Gasteiger partial charge in [0.25, 0.3) is 5.91 Å². The summed E-state index contributed by atoms with van der Waals surface area (Å²) in [6.45, 7) is 6.09. The molecule has 0 bridgehead atoms. The van der Waals surface area contributed by atoms with Gasteiger partial charge in [0.15, 0.2) is 0 Å². The van der Waals surface area contributed by atoms with Gasteiger partial charge in [0.2, 0.25) is 0 Å². The Morgan fingerprint density at radius 2 is 2.22 bits per heavy atom. The molecule has 1 heterocycles. The second kappa shape index (κ2) is 7.20. The van der Waals surface area contributed by atoms with E-state index in [0.717, 1.165) is 11.3 Å². The van der Waals surface area contributed by atoms with Crippen molar-refractivity contribution in [1.82, 2.24) is 5.32 Å². The zero-order valence-electron chi connectivity index (χ0n) is 11.0. The number of thiophene rings is 1. The van der Waals surface area contributed by atoms with E-state index in [1.807, 2.05) is 6.92 Å². The Kier molecular flexibility index (Phi) is 5.90. The van der Waals surface area contributed by atoms with Gasteiger partial charge in [0, 0.05) is 6.04 Å². The second-order valence-corrected chi connectivity index (χ2v) is 5.36. The van der Waals surface area contributed by atoms with E-state index >= 15 is 0 Å². The molecule has 2 unspecified atom stereocenters. The molecule has 0 saturated carbocycles. The number of aliphatic hydroxyl groups excluding tert-OH is 1. The number of rotatable bonds is 4. The lowest BCUT2D eigenvalue weighted by atomic mass is 10.0. The Morgan fingerprint density at radius 1 is 1.50 bits per heavy atom. The maximum atomic E-state index is 12.0. The first-order chi connectivity index (χ1) is 8.58. The third kappa shape index (κ3) is 4.17. The number of hydrogen-bond donors (Lipinski definition) is 2. The molecule has 3 nitrogen and oxygen atoms in total. The molecule has 0 radical (unpaired) electrons. The Bertz CT molecular complexity index is 456. The summed E-state index contributed by atoms with van der Waals surface area (Å²) in [5.41, 5.74) is 0. The summed E-state index contributed by atoms with van der Waals surface area (Å²) in [6, 6.07) is 3.73. The van der Waals surface area contributed by atoms with Crippen LogP contribution >= 0.6 is 11.3 Å². The quantitative estimate of drug-likeness (QED) is 0.820. The van der Waals surface area contributed by atoms with E-state index in [4.69, 9.17) is 5.11 Å². The van der Waals surface area contributed by atoms with Crippen molar-refractivity contribution >= 4 is 17.2 Å². The summed E-state index contributed by atoms with van der Waals surface area (Å²) in [4.78, 5) is 13.4. The van der Waals surface area contributed by atoms with Crippen LogP contribution in [-0.2, 0) is 0 Å². The third-order valence-electron chi connectivity index (χ3n) is 2.98. The number of amides is 1. The fraction of sp³-hybridized carbons (Fsp3) is 0.500. The van der Waals surface area contributed by atoms with E-state index in [0.29, 0.717) is 10.8 Å². The summed E-state index contributed by atoms with van der Waals surface area (Å²) >= 11 is 1.35. The molecule has 1 aromatic heterocycles. The fourth-order valence-electron chi connectivity index (χ4n) is 1.43. The predicted molar refractivity (Wildman–Crippen MR) is 74.7 cm³/mol. The van der Waals surface area contributed by atoms with Gasteiger partial charge in [-0.2, -0.15) is 0 Å². The van der Waals surface area contributed by atoms with Crippen molar-refractivity contribution in [3.05, 3.63) is 21.9 Å². The molecule has 98 valence electrons. The molecule has 0 aliphatic heterocycles. The largest absolute Gasteiger partial charge is 0.384 e. The van der Waals surface area contributed by atoms with Gasteiger partial charge in [-0.25, -0.2) is 0 Å². The molecule has 4 heteroatoms. The van der Waals surface area contributed by atoms with E-state index < -0.39 is 0 Å². The van der Waals surface area contributed by atoms with Gasteiger partial charge in [-0.15, -0.1) is 11.3 Å². The normalized spacial score (nSPS) is 13.3. The van der Waals surface area contributed by atoms with E-state index in [1.54, 1.807) is 12.1 Å². The lowest BCUT2D eigenvalue weighted by Crippen LogP contribution is -2.36. The van der Waals surface area contributed by atoms with Gasteiger partial charge < -0.3 is 10.4 Å². The SMILES string of the molecule is CCC(C)C(C)NC(=O)c1ccc(C#CCO)s1. The van der Waals surface area contributed by atoms with Gasteiger partial charge in [-0.3, -0.25) is 4.79 Å². The van der Waals surface area contributed by atoms with Gasteiger partial charge in [-0.05, 0) is 25.0 Å². The zero-order valence-corrected chi connectivity index (χ0v) is 11.8. The highest BCUT2D eigenvalue weighted by Gasteiger charge is 2.15. The molecular weight excluding hydrogens is 246 g/mol. The molecule has 0 aromatic carbocycles. The molecule has 1 amide bonds. The molecular formula is C14H19NO2S. The van der Waals surface area contributed by atoms with Crippen LogP contribution < -0.4 is 5.32 Å². The first-order valence-electron chi connectivity index (χ1n) is 6.08. The minimum atomic E-state index is -0.162. The van der Waals surface area contributed by atoms with Gasteiger partial charge in [0.1, 0.15) is 6.61 Å². The van der Waals surface area contributed by atoms with E-state index in [2.05, 4.69) is 31.0 Å². The summed E-state index contributed by atoms with van der Waals surface area (Å²) < 4.78 is 0. The highest BCUT2D eigenvalue weighted by atomic mass is 32.1. The van der Waals surface area contributed by atoms with Gasteiger partial charge >= 0.3 is 0 Å². The number of hydrogen-bond acceptors (Lipinski definition) is 3. The van der Waals surface area contributed by atoms with Crippen LogP contribution in [0.4, 0.5) is 0 Å². The molecule has 0 spiro atoms. The molecule has 0 saturated heterocycles. The van der Waals surface area contributed by atoms with E-state index in [1.165, 1.54) is 11.3 Å². The average molecular weight is 265 g/mol. The molecule has 2 N–H and O–H groups in total. The lowest BCUT2D eigenvalue weighted by molar-refractivity contribution is 0.0932. The highest BCUT2D eigenvalue weighted by Crippen LogP contribution is 2.16. The molecule has 2 atom stereocenters. The monoisotopic (exact) mass is 265 g/mol. The molecule has 0 fully saturated rings. The maximum absolute atomic E-state index is 12.0. The molecule has 0 aliphatic carbocycles.